The first kappa shape index (κ1) is 15.8. The Bertz CT molecular complexity index is 643. The number of hydrogen-bond donors (Lipinski definition) is 2. The molecule has 2 aromatic rings. The van der Waals surface area contributed by atoms with E-state index < -0.39 is 0 Å². The van der Waals surface area contributed by atoms with Crippen molar-refractivity contribution in [1.29, 1.82) is 0 Å². The van der Waals surface area contributed by atoms with Gasteiger partial charge in [-0.3, -0.25) is 0 Å². The lowest BCUT2D eigenvalue weighted by atomic mass is 10.2. The van der Waals surface area contributed by atoms with E-state index in [1.807, 2.05) is 43.3 Å². The zero-order chi connectivity index (χ0) is 15.9. The maximum Gasteiger partial charge on any atom is 0.315 e. The molecule has 0 aliphatic carbocycles. The minimum Gasteiger partial charge on any atom is -0.378 e. The highest BCUT2D eigenvalue weighted by atomic mass is 19.1. The molecule has 0 fully saturated rings. The molecule has 116 valence electrons. The van der Waals surface area contributed by atoms with Gasteiger partial charge in [0.2, 0.25) is 0 Å². The SMILES string of the molecule is CN(C)c1cccc(CNC(=O)NCc2ccccc2F)c1. The highest BCUT2D eigenvalue weighted by molar-refractivity contribution is 5.73. The number of rotatable bonds is 5. The molecule has 0 aliphatic heterocycles. The Labute approximate surface area is 129 Å². The van der Waals surface area contributed by atoms with Crippen molar-refractivity contribution in [2.45, 2.75) is 13.1 Å². The number of urea groups is 1. The normalized spacial score (nSPS) is 10.1. The molecule has 2 N–H and O–H groups in total. The van der Waals surface area contributed by atoms with E-state index in [0.717, 1.165) is 11.3 Å². The van der Waals surface area contributed by atoms with Gasteiger partial charge in [0.25, 0.3) is 0 Å². The van der Waals surface area contributed by atoms with Crippen LogP contribution in [0.15, 0.2) is 48.5 Å². The van der Waals surface area contributed by atoms with Gasteiger partial charge in [-0.05, 0) is 23.8 Å². The van der Waals surface area contributed by atoms with Gasteiger partial charge in [-0.1, -0.05) is 30.3 Å². The van der Waals surface area contributed by atoms with Crippen LogP contribution in [-0.4, -0.2) is 20.1 Å². The van der Waals surface area contributed by atoms with Gasteiger partial charge in [-0.15, -0.1) is 0 Å². The van der Waals surface area contributed by atoms with Crippen LogP contribution >= 0.6 is 0 Å². The smallest absolute Gasteiger partial charge is 0.315 e. The quantitative estimate of drug-likeness (QED) is 0.892. The van der Waals surface area contributed by atoms with Crippen LogP contribution in [0.3, 0.4) is 0 Å². The van der Waals surface area contributed by atoms with E-state index in [4.69, 9.17) is 0 Å². The van der Waals surface area contributed by atoms with E-state index in [1.54, 1.807) is 18.2 Å². The summed E-state index contributed by atoms with van der Waals surface area (Å²) in [4.78, 5) is 13.8. The molecule has 0 saturated carbocycles. The molecule has 0 saturated heterocycles. The van der Waals surface area contributed by atoms with Crippen molar-refractivity contribution in [2.75, 3.05) is 19.0 Å². The minimum atomic E-state index is -0.321. The molecule has 0 bridgehead atoms. The summed E-state index contributed by atoms with van der Waals surface area (Å²) in [6.45, 7) is 0.584. The minimum absolute atomic E-state index is 0.163. The lowest BCUT2D eigenvalue weighted by Gasteiger charge is -2.14. The molecule has 0 unspecified atom stereocenters. The van der Waals surface area contributed by atoms with Gasteiger partial charge in [0, 0.05) is 38.4 Å². The standard InChI is InChI=1S/C17H20FN3O/c1-21(2)15-8-5-6-13(10-15)11-19-17(22)20-12-14-7-3-4-9-16(14)18/h3-10H,11-12H2,1-2H3,(H2,19,20,22). The predicted molar refractivity (Wildman–Crippen MR) is 86.2 cm³/mol. The molecule has 0 spiro atoms. The van der Waals surface area contributed by atoms with Gasteiger partial charge < -0.3 is 15.5 Å². The van der Waals surface area contributed by atoms with Crippen molar-refractivity contribution in [2.24, 2.45) is 0 Å². The molecule has 0 atom stereocenters. The zero-order valence-electron chi connectivity index (χ0n) is 12.8. The third kappa shape index (κ3) is 4.48. The van der Waals surface area contributed by atoms with Gasteiger partial charge in [0.15, 0.2) is 0 Å². The Morgan fingerprint density at radius 3 is 2.50 bits per heavy atom. The summed E-state index contributed by atoms with van der Waals surface area (Å²) >= 11 is 0. The highest BCUT2D eigenvalue weighted by Gasteiger charge is 2.04. The number of nitrogens with zero attached hydrogens (tertiary/aromatic N) is 1. The summed E-state index contributed by atoms with van der Waals surface area (Å²) in [5, 5.41) is 5.41. The van der Waals surface area contributed by atoms with Crippen molar-refractivity contribution in [3.8, 4) is 0 Å². The van der Waals surface area contributed by atoms with Crippen LogP contribution in [0, 0.1) is 5.82 Å². The topological polar surface area (TPSA) is 44.4 Å². The molecule has 2 aromatic carbocycles. The van der Waals surface area contributed by atoms with E-state index in [0.29, 0.717) is 12.1 Å². The molecule has 0 heterocycles. The molecule has 2 amide bonds. The van der Waals surface area contributed by atoms with Crippen LogP contribution in [0.4, 0.5) is 14.9 Å². The van der Waals surface area contributed by atoms with Crippen molar-refractivity contribution >= 4 is 11.7 Å². The maximum atomic E-state index is 13.4. The Hall–Kier alpha value is -2.56. The number of carbonyl (C=O) groups is 1. The summed E-state index contributed by atoms with van der Waals surface area (Å²) in [6.07, 6.45) is 0. The third-order valence-electron chi connectivity index (χ3n) is 3.28. The van der Waals surface area contributed by atoms with E-state index in [2.05, 4.69) is 10.6 Å². The molecule has 0 aliphatic rings. The second-order valence-corrected chi connectivity index (χ2v) is 5.19. The van der Waals surface area contributed by atoms with Gasteiger partial charge in [-0.25, -0.2) is 9.18 Å². The summed E-state index contributed by atoms with van der Waals surface area (Å²) < 4.78 is 13.4. The fourth-order valence-corrected chi connectivity index (χ4v) is 2.01. The molecular formula is C17H20FN3O. The highest BCUT2D eigenvalue weighted by Crippen LogP contribution is 2.13. The average Bonchev–Trinajstić information content (AvgIpc) is 2.52. The molecule has 4 nitrogen and oxygen atoms in total. The average molecular weight is 301 g/mol. The van der Waals surface area contributed by atoms with Crippen molar-refractivity contribution in [3.63, 3.8) is 0 Å². The largest absolute Gasteiger partial charge is 0.378 e. The van der Waals surface area contributed by atoms with Crippen molar-refractivity contribution < 1.29 is 9.18 Å². The van der Waals surface area contributed by atoms with Crippen LogP contribution in [-0.2, 0) is 13.1 Å². The number of carbonyl (C=O) groups excluding carboxylic acids is 1. The first-order valence-electron chi connectivity index (χ1n) is 7.07. The van der Waals surface area contributed by atoms with Gasteiger partial charge in [0.1, 0.15) is 5.82 Å². The summed E-state index contributed by atoms with van der Waals surface area (Å²) in [5.74, 6) is -0.318. The van der Waals surface area contributed by atoms with Crippen LogP contribution in [0.2, 0.25) is 0 Å². The van der Waals surface area contributed by atoms with Gasteiger partial charge in [-0.2, -0.15) is 0 Å². The predicted octanol–water partition coefficient (Wildman–Crippen LogP) is 2.89. The van der Waals surface area contributed by atoms with Gasteiger partial charge in [0.05, 0.1) is 0 Å². The fourth-order valence-electron chi connectivity index (χ4n) is 2.01. The Morgan fingerprint density at radius 2 is 1.77 bits per heavy atom. The number of nitrogens with one attached hydrogen (secondary N) is 2. The monoisotopic (exact) mass is 301 g/mol. The number of benzene rings is 2. The number of amides is 2. The van der Waals surface area contributed by atoms with Crippen LogP contribution in [0.5, 0.6) is 0 Å². The lowest BCUT2D eigenvalue weighted by Crippen LogP contribution is -2.34. The van der Waals surface area contributed by atoms with Crippen molar-refractivity contribution in [1.82, 2.24) is 10.6 Å². The molecule has 5 heteroatoms. The third-order valence-corrected chi connectivity index (χ3v) is 3.28. The van der Waals surface area contributed by atoms with E-state index in [1.165, 1.54) is 6.07 Å². The Morgan fingerprint density at radius 1 is 1.05 bits per heavy atom. The Balaban J connectivity index is 1.83. The molecule has 0 radical (unpaired) electrons. The molecule has 22 heavy (non-hydrogen) atoms. The molecular weight excluding hydrogens is 281 g/mol. The molecule has 0 aromatic heterocycles. The lowest BCUT2D eigenvalue weighted by molar-refractivity contribution is 0.240. The van der Waals surface area contributed by atoms with E-state index in [9.17, 15) is 9.18 Å². The van der Waals surface area contributed by atoms with Crippen molar-refractivity contribution in [3.05, 3.63) is 65.5 Å². The first-order chi connectivity index (χ1) is 10.6. The summed E-state index contributed by atoms with van der Waals surface area (Å²) in [7, 11) is 3.93. The molecule has 2 rings (SSSR count). The van der Waals surface area contributed by atoms with E-state index in [-0.39, 0.29) is 18.4 Å². The number of halogens is 1. The van der Waals surface area contributed by atoms with E-state index >= 15 is 0 Å². The number of hydrogen-bond acceptors (Lipinski definition) is 2. The summed E-state index contributed by atoms with van der Waals surface area (Å²) in [6, 6.07) is 14.0. The van der Waals surface area contributed by atoms with Crippen LogP contribution in [0.1, 0.15) is 11.1 Å². The maximum absolute atomic E-state index is 13.4. The fraction of sp³-hybridized carbons (Fsp3) is 0.235. The zero-order valence-corrected chi connectivity index (χ0v) is 12.8. The Kier molecular flexibility index (Phi) is 5.36. The van der Waals surface area contributed by atoms with Crippen LogP contribution in [0.25, 0.3) is 0 Å². The first-order valence-corrected chi connectivity index (χ1v) is 7.07. The second-order valence-electron chi connectivity index (χ2n) is 5.19. The second kappa shape index (κ2) is 7.45. The summed E-state index contributed by atoms with van der Waals surface area (Å²) in [5.41, 5.74) is 2.55. The van der Waals surface area contributed by atoms with Crippen LogP contribution < -0.4 is 15.5 Å². The number of anilines is 1. The van der Waals surface area contributed by atoms with Gasteiger partial charge >= 0.3 is 6.03 Å².